The molecule has 0 unspecified atom stereocenters. The van der Waals surface area contributed by atoms with Gasteiger partial charge in [0.1, 0.15) is 0 Å². The van der Waals surface area contributed by atoms with E-state index in [1.54, 1.807) is 7.11 Å². The number of nitrogens with zero attached hydrogens (tertiary/aromatic N) is 2. The van der Waals surface area contributed by atoms with E-state index >= 15 is 0 Å². The number of ether oxygens (including phenoxy) is 2. The molecule has 2 N–H and O–H groups in total. The standard InChI is InChI=1S/C16H28N4O2S/c1-17-16(18-7-10-22-12-11-21-2)19-14-5-8-20(9-6-14)15-4-3-13-23-15/h3-4,13-14H,5-12H2,1-2H3,(H2,17,18,19). The third kappa shape index (κ3) is 6.37. The molecule has 2 heterocycles. The Morgan fingerprint density at radius 2 is 2.17 bits per heavy atom. The number of methoxy groups -OCH3 is 1. The van der Waals surface area contributed by atoms with E-state index in [9.17, 15) is 0 Å². The van der Waals surface area contributed by atoms with Crippen LogP contribution in [0.15, 0.2) is 22.5 Å². The lowest BCUT2D eigenvalue weighted by molar-refractivity contribution is 0.0733. The van der Waals surface area contributed by atoms with Crippen LogP contribution >= 0.6 is 11.3 Å². The van der Waals surface area contributed by atoms with Crippen molar-refractivity contribution in [3.05, 3.63) is 17.5 Å². The molecule has 0 aromatic carbocycles. The van der Waals surface area contributed by atoms with Crippen LogP contribution in [0.1, 0.15) is 12.8 Å². The summed E-state index contributed by atoms with van der Waals surface area (Å²) in [5, 5.41) is 10.3. The van der Waals surface area contributed by atoms with E-state index < -0.39 is 0 Å². The predicted molar refractivity (Wildman–Crippen MR) is 96.7 cm³/mol. The number of hydrogen-bond donors (Lipinski definition) is 2. The van der Waals surface area contributed by atoms with Crippen LogP contribution in [0.3, 0.4) is 0 Å². The molecule has 1 aromatic heterocycles. The summed E-state index contributed by atoms with van der Waals surface area (Å²) in [5.41, 5.74) is 0. The van der Waals surface area contributed by atoms with Crippen molar-refractivity contribution in [1.29, 1.82) is 0 Å². The lowest BCUT2D eigenvalue weighted by atomic mass is 10.1. The fraction of sp³-hybridized carbons (Fsp3) is 0.688. The summed E-state index contributed by atoms with van der Waals surface area (Å²) in [6.45, 7) is 4.85. The number of nitrogens with one attached hydrogen (secondary N) is 2. The average Bonchev–Trinajstić information content (AvgIpc) is 3.12. The molecule has 2 rings (SSSR count). The van der Waals surface area contributed by atoms with Gasteiger partial charge in [-0.1, -0.05) is 0 Å². The number of aliphatic imine (C=N–C) groups is 1. The molecule has 23 heavy (non-hydrogen) atoms. The summed E-state index contributed by atoms with van der Waals surface area (Å²) >= 11 is 1.81. The van der Waals surface area contributed by atoms with Crippen LogP contribution in [-0.4, -0.2) is 65.6 Å². The van der Waals surface area contributed by atoms with Gasteiger partial charge in [0.05, 0.1) is 24.8 Å². The maximum Gasteiger partial charge on any atom is 0.191 e. The molecule has 7 heteroatoms. The topological polar surface area (TPSA) is 58.1 Å². The third-order valence-corrected chi connectivity index (χ3v) is 4.78. The van der Waals surface area contributed by atoms with Crippen LogP contribution < -0.4 is 15.5 Å². The monoisotopic (exact) mass is 340 g/mol. The van der Waals surface area contributed by atoms with Gasteiger partial charge in [-0.3, -0.25) is 4.99 Å². The first-order chi connectivity index (χ1) is 11.3. The Hall–Kier alpha value is -1.31. The van der Waals surface area contributed by atoms with E-state index in [2.05, 4.69) is 38.0 Å². The fourth-order valence-corrected chi connectivity index (χ4v) is 3.35. The first-order valence-corrected chi connectivity index (χ1v) is 9.03. The van der Waals surface area contributed by atoms with Crippen molar-refractivity contribution in [3.63, 3.8) is 0 Å². The molecule has 0 bridgehead atoms. The van der Waals surface area contributed by atoms with E-state index in [-0.39, 0.29) is 0 Å². The normalized spacial score (nSPS) is 16.6. The number of anilines is 1. The van der Waals surface area contributed by atoms with E-state index in [0.717, 1.165) is 38.4 Å². The molecule has 6 nitrogen and oxygen atoms in total. The predicted octanol–water partition coefficient (Wildman–Crippen LogP) is 1.54. The second kappa shape index (κ2) is 10.5. The largest absolute Gasteiger partial charge is 0.382 e. The molecule has 1 fully saturated rings. The third-order valence-electron chi connectivity index (χ3n) is 3.85. The first kappa shape index (κ1) is 18.0. The smallest absolute Gasteiger partial charge is 0.191 e. The lowest BCUT2D eigenvalue weighted by Gasteiger charge is -2.33. The highest BCUT2D eigenvalue weighted by molar-refractivity contribution is 7.14. The van der Waals surface area contributed by atoms with Crippen molar-refractivity contribution < 1.29 is 9.47 Å². The van der Waals surface area contributed by atoms with Crippen LogP contribution in [0, 0.1) is 0 Å². The van der Waals surface area contributed by atoms with E-state index in [1.165, 1.54) is 5.00 Å². The Bertz CT molecular complexity index is 445. The zero-order valence-electron chi connectivity index (χ0n) is 14.1. The van der Waals surface area contributed by atoms with Crippen molar-refractivity contribution in [3.8, 4) is 0 Å². The highest BCUT2D eigenvalue weighted by Gasteiger charge is 2.20. The SMILES string of the molecule is CN=C(NCCOCCOC)NC1CCN(c2cccs2)CC1. The van der Waals surface area contributed by atoms with Gasteiger partial charge in [0.15, 0.2) is 5.96 Å². The van der Waals surface area contributed by atoms with Gasteiger partial charge in [0, 0.05) is 39.8 Å². The van der Waals surface area contributed by atoms with Gasteiger partial charge < -0.3 is 25.0 Å². The maximum absolute atomic E-state index is 5.44. The summed E-state index contributed by atoms with van der Waals surface area (Å²) in [7, 11) is 3.49. The maximum atomic E-state index is 5.44. The van der Waals surface area contributed by atoms with Gasteiger partial charge in [0.25, 0.3) is 0 Å². The number of hydrogen-bond acceptors (Lipinski definition) is 5. The van der Waals surface area contributed by atoms with Crippen molar-refractivity contribution >= 4 is 22.3 Å². The molecule has 1 aromatic rings. The molecule has 0 saturated carbocycles. The molecule has 0 radical (unpaired) electrons. The van der Waals surface area contributed by atoms with E-state index in [4.69, 9.17) is 9.47 Å². The molecule has 1 aliphatic rings. The number of rotatable bonds is 8. The van der Waals surface area contributed by atoms with Crippen molar-refractivity contribution in [1.82, 2.24) is 10.6 Å². The highest BCUT2D eigenvalue weighted by atomic mass is 32.1. The second-order valence-electron chi connectivity index (χ2n) is 5.46. The van der Waals surface area contributed by atoms with E-state index in [1.807, 2.05) is 18.4 Å². The van der Waals surface area contributed by atoms with Gasteiger partial charge in [-0.2, -0.15) is 0 Å². The zero-order chi connectivity index (χ0) is 16.3. The summed E-state index contributed by atoms with van der Waals surface area (Å²) in [5.74, 6) is 0.856. The Kier molecular flexibility index (Phi) is 8.20. The molecular weight excluding hydrogens is 312 g/mol. The molecule has 0 amide bonds. The Balaban J connectivity index is 1.62. The highest BCUT2D eigenvalue weighted by Crippen LogP contribution is 2.24. The van der Waals surface area contributed by atoms with Crippen LogP contribution in [0.25, 0.3) is 0 Å². The van der Waals surface area contributed by atoms with Crippen molar-refractivity contribution in [2.24, 2.45) is 4.99 Å². The van der Waals surface area contributed by atoms with Gasteiger partial charge >= 0.3 is 0 Å². The van der Waals surface area contributed by atoms with Crippen LogP contribution in [0.5, 0.6) is 0 Å². The van der Waals surface area contributed by atoms with Gasteiger partial charge in [-0.05, 0) is 30.4 Å². The Labute approximate surface area is 142 Å². The van der Waals surface area contributed by atoms with Crippen LogP contribution in [0.2, 0.25) is 0 Å². The molecule has 130 valence electrons. The quantitative estimate of drug-likeness (QED) is 0.427. The Morgan fingerprint density at radius 1 is 1.35 bits per heavy atom. The molecule has 0 aliphatic carbocycles. The van der Waals surface area contributed by atoms with Crippen LogP contribution in [-0.2, 0) is 9.47 Å². The fourth-order valence-electron chi connectivity index (χ4n) is 2.57. The minimum Gasteiger partial charge on any atom is -0.382 e. The molecule has 1 aliphatic heterocycles. The number of piperidine rings is 1. The zero-order valence-corrected chi connectivity index (χ0v) is 14.9. The minimum atomic E-state index is 0.479. The number of guanidine groups is 1. The molecule has 0 atom stereocenters. The van der Waals surface area contributed by atoms with E-state index in [0.29, 0.717) is 25.9 Å². The average molecular weight is 340 g/mol. The minimum absolute atomic E-state index is 0.479. The van der Waals surface area contributed by atoms with Crippen molar-refractivity contribution in [2.75, 3.05) is 58.5 Å². The molecule has 0 spiro atoms. The summed E-state index contributed by atoms with van der Waals surface area (Å²) in [6, 6.07) is 4.79. The molecular formula is C16H28N4O2S. The number of thiophene rings is 1. The first-order valence-electron chi connectivity index (χ1n) is 8.16. The Morgan fingerprint density at radius 3 is 2.83 bits per heavy atom. The van der Waals surface area contributed by atoms with Gasteiger partial charge in [0.2, 0.25) is 0 Å². The van der Waals surface area contributed by atoms with Gasteiger partial charge in [-0.25, -0.2) is 0 Å². The second-order valence-corrected chi connectivity index (χ2v) is 6.39. The van der Waals surface area contributed by atoms with Crippen LogP contribution in [0.4, 0.5) is 5.00 Å². The van der Waals surface area contributed by atoms with Gasteiger partial charge in [-0.15, -0.1) is 11.3 Å². The van der Waals surface area contributed by atoms with Crippen molar-refractivity contribution in [2.45, 2.75) is 18.9 Å². The summed E-state index contributed by atoms with van der Waals surface area (Å²) in [4.78, 5) is 6.75. The summed E-state index contributed by atoms with van der Waals surface area (Å²) in [6.07, 6.45) is 2.26. The molecule has 1 saturated heterocycles. The lowest BCUT2D eigenvalue weighted by Crippen LogP contribution is -2.49. The summed E-state index contributed by atoms with van der Waals surface area (Å²) < 4.78 is 10.4.